The molecule has 2 aromatic heterocycles. The number of benzene rings is 1. The monoisotopic (exact) mass is 574 g/mol. The third-order valence-electron chi connectivity index (χ3n) is 7.37. The molecule has 2 aliphatic rings. The summed E-state index contributed by atoms with van der Waals surface area (Å²) >= 11 is 0. The molecule has 12 nitrogen and oxygen atoms in total. The first-order valence-electron chi connectivity index (χ1n) is 14.1. The first-order valence-corrected chi connectivity index (χ1v) is 14.1. The molecular weight excluding hydrogens is 540 g/mol. The summed E-state index contributed by atoms with van der Waals surface area (Å²) in [5, 5.41) is 6.74. The van der Waals surface area contributed by atoms with Gasteiger partial charge in [0.1, 0.15) is 23.1 Å². The Morgan fingerprint density at radius 2 is 1.86 bits per heavy atom. The number of hydrogen-bond donors (Lipinski definition) is 2. The molecule has 0 unspecified atom stereocenters. The van der Waals surface area contributed by atoms with Gasteiger partial charge in [0.25, 0.3) is 5.91 Å². The van der Waals surface area contributed by atoms with Crippen molar-refractivity contribution in [1.29, 1.82) is 0 Å². The van der Waals surface area contributed by atoms with Crippen LogP contribution in [0.5, 0.6) is 0 Å². The van der Waals surface area contributed by atoms with Crippen LogP contribution in [0.2, 0.25) is 0 Å². The van der Waals surface area contributed by atoms with Crippen LogP contribution in [0.3, 0.4) is 0 Å². The molecule has 3 aromatic rings. The molecule has 2 saturated heterocycles. The average Bonchev–Trinajstić information content (AvgIpc) is 3.63. The summed E-state index contributed by atoms with van der Waals surface area (Å²) in [6.07, 6.45) is 5.18. The lowest BCUT2D eigenvalue weighted by molar-refractivity contribution is -0.140. The van der Waals surface area contributed by atoms with Crippen LogP contribution in [0.25, 0.3) is 11.0 Å². The van der Waals surface area contributed by atoms with Crippen LogP contribution >= 0.6 is 0 Å². The van der Waals surface area contributed by atoms with Gasteiger partial charge in [0, 0.05) is 36.9 Å². The number of rotatable bonds is 6. The summed E-state index contributed by atoms with van der Waals surface area (Å²) in [4.78, 5) is 63.5. The topological polar surface area (TPSA) is 146 Å². The maximum Gasteiger partial charge on any atom is 0.339 e. The molecule has 1 atom stereocenters. The number of guanidine groups is 1. The van der Waals surface area contributed by atoms with E-state index in [1.807, 2.05) is 19.1 Å². The maximum absolute atomic E-state index is 13.6. The van der Waals surface area contributed by atoms with Crippen LogP contribution in [-0.2, 0) is 14.3 Å². The second-order valence-electron chi connectivity index (χ2n) is 10.4. The van der Waals surface area contributed by atoms with Crippen LogP contribution in [0.15, 0.2) is 52.0 Å². The molecule has 2 N–H and O–H groups in total. The molecule has 0 saturated carbocycles. The van der Waals surface area contributed by atoms with Crippen LogP contribution < -0.4 is 10.6 Å². The first-order chi connectivity index (χ1) is 20.3. The van der Waals surface area contributed by atoms with Gasteiger partial charge in [-0.25, -0.2) is 9.79 Å². The second kappa shape index (κ2) is 12.8. The number of nitrogens with zero attached hydrogens (tertiary/aromatic N) is 4. The van der Waals surface area contributed by atoms with Gasteiger partial charge in [-0.1, -0.05) is 0 Å². The number of likely N-dealkylation sites (tertiary alicyclic amines) is 2. The molecule has 42 heavy (non-hydrogen) atoms. The molecular formula is C30H34N6O6. The molecule has 0 spiro atoms. The highest BCUT2D eigenvalue weighted by Gasteiger charge is 2.30. The first kappa shape index (κ1) is 28.8. The summed E-state index contributed by atoms with van der Waals surface area (Å²) in [7, 11) is 1.26. The summed E-state index contributed by atoms with van der Waals surface area (Å²) < 4.78 is 10.4. The minimum absolute atomic E-state index is 0.0208. The lowest BCUT2D eigenvalue weighted by atomic mass is 10.1. The van der Waals surface area contributed by atoms with Gasteiger partial charge in [-0.2, -0.15) is 0 Å². The van der Waals surface area contributed by atoms with Crippen molar-refractivity contribution in [2.45, 2.75) is 45.1 Å². The van der Waals surface area contributed by atoms with E-state index in [0.29, 0.717) is 24.2 Å². The highest BCUT2D eigenvalue weighted by atomic mass is 16.5. The Morgan fingerprint density at radius 3 is 2.60 bits per heavy atom. The zero-order valence-corrected chi connectivity index (χ0v) is 23.7. The summed E-state index contributed by atoms with van der Waals surface area (Å²) in [6, 6.07) is 9.39. The van der Waals surface area contributed by atoms with Gasteiger partial charge in [-0.15, -0.1) is 0 Å². The number of furan rings is 1. The van der Waals surface area contributed by atoms with Crippen LogP contribution in [0.4, 0.5) is 5.69 Å². The van der Waals surface area contributed by atoms with Gasteiger partial charge in [0.05, 0.1) is 19.2 Å². The zero-order chi connectivity index (χ0) is 29.6. The number of fused-ring (bicyclic) bond motifs is 1. The Labute approximate surface area is 243 Å². The normalized spacial score (nSPS) is 17.7. The van der Waals surface area contributed by atoms with E-state index in [0.717, 1.165) is 49.9 Å². The number of aryl methyl sites for hydroxylation is 1. The van der Waals surface area contributed by atoms with Gasteiger partial charge in [0.15, 0.2) is 0 Å². The van der Waals surface area contributed by atoms with E-state index in [9.17, 15) is 19.2 Å². The minimum atomic E-state index is -0.795. The van der Waals surface area contributed by atoms with Crippen molar-refractivity contribution in [3.8, 4) is 0 Å². The minimum Gasteiger partial charge on any atom is -0.465 e. The smallest absolute Gasteiger partial charge is 0.339 e. The van der Waals surface area contributed by atoms with E-state index in [1.165, 1.54) is 25.4 Å². The number of pyridine rings is 1. The number of carbonyl (C=O) groups is 4. The van der Waals surface area contributed by atoms with Crippen molar-refractivity contribution < 1.29 is 28.3 Å². The predicted octanol–water partition coefficient (Wildman–Crippen LogP) is 3.12. The number of amides is 3. The number of aromatic nitrogens is 1. The molecule has 0 radical (unpaired) electrons. The van der Waals surface area contributed by atoms with Crippen molar-refractivity contribution in [2.75, 3.05) is 38.6 Å². The highest BCUT2D eigenvalue weighted by molar-refractivity contribution is 6.10. The number of carbonyl (C=O) groups excluding carboxylic acids is 4. The van der Waals surface area contributed by atoms with Crippen LogP contribution in [-0.4, -0.2) is 83.8 Å². The third kappa shape index (κ3) is 6.76. The number of ether oxygens (including phenoxy) is 1. The summed E-state index contributed by atoms with van der Waals surface area (Å²) in [5.74, 6) is -0.636. The molecule has 1 aromatic carbocycles. The second-order valence-corrected chi connectivity index (χ2v) is 10.4. The zero-order valence-electron chi connectivity index (χ0n) is 23.7. The molecule has 5 rings (SSSR count). The molecule has 0 aliphatic carbocycles. The quantitative estimate of drug-likeness (QED) is 0.259. The predicted molar refractivity (Wildman–Crippen MR) is 155 cm³/mol. The van der Waals surface area contributed by atoms with Crippen LogP contribution in [0, 0.1) is 6.92 Å². The number of methoxy groups -OCH3 is 1. The van der Waals surface area contributed by atoms with Crippen molar-refractivity contribution >= 4 is 46.3 Å². The lowest BCUT2D eigenvalue weighted by Gasteiger charge is -2.25. The fraction of sp³-hybridized carbons (Fsp3) is 0.400. The maximum atomic E-state index is 13.6. The Hall–Kier alpha value is -4.74. The van der Waals surface area contributed by atoms with Gasteiger partial charge < -0.3 is 24.3 Å². The van der Waals surface area contributed by atoms with Gasteiger partial charge in [-0.05, 0) is 75.4 Å². The molecule has 2 fully saturated rings. The van der Waals surface area contributed by atoms with E-state index in [-0.39, 0.29) is 35.6 Å². The fourth-order valence-corrected chi connectivity index (χ4v) is 5.17. The van der Waals surface area contributed by atoms with E-state index >= 15 is 0 Å². The van der Waals surface area contributed by atoms with E-state index < -0.39 is 17.9 Å². The molecule has 220 valence electrons. The Bertz CT molecular complexity index is 1510. The Kier molecular flexibility index (Phi) is 8.80. The fourth-order valence-electron chi connectivity index (χ4n) is 5.17. The standard InChI is InChI=1S/C30H34N6O6/c1-19-15-21-16-22(9-11-25(21)42-19)32-30(34-27(38)23-10-8-20(17-31-23)29(40)41-2)33-24-7-3-4-14-36(28(24)39)18-26(37)35-12-5-6-13-35/h8-11,15-17,24H,3-7,12-14,18H2,1-2H3,(H2,32,33,34,38)/t24-/m0/s1. The molecule has 0 bridgehead atoms. The van der Waals surface area contributed by atoms with Gasteiger partial charge in [0.2, 0.25) is 17.8 Å². The van der Waals surface area contributed by atoms with E-state index in [2.05, 4.69) is 20.6 Å². The van der Waals surface area contributed by atoms with Crippen molar-refractivity contribution in [3.63, 3.8) is 0 Å². The van der Waals surface area contributed by atoms with E-state index in [4.69, 9.17) is 9.15 Å². The molecule has 4 heterocycles. The lowest BCUT2D eigenvalue weighted by Crippen LogP contribution is -2.45. The van der Waals surface area contributed by atoms with Crippen molar-refractivity contribution in [1.82, 2.24) is 20.1 Å². The number of anilines is 1. The molecule has 12 heteroatoms. The SMILES string of the molecule is COC(=O)c1ccc(C(=O)NC(=N[C@H]2CCCCN(CC(=O)N3CCCC3)C2=O)Nc2ccc3oc(C)cc3c2)nc1. The highest BCUT2D eigenvalue weighted by Crippen LogP contribution is 2.23. The van der Waals surface area contributed by atoms with Gasteiger partial charge in [-0.3, -0.25) is 24.7 Å². The third-order valence-corrected chi connectivity index (χ3v) is 7.37. The number of hydrogen-bond acceptors (Lipinski definition) is 8. The Balaban J connectivity index is 1.39. The van der Waals surface area contributed by atoms with Gasteiger partial charge >= 0.3 is 5.97 Å². The number of esters is 1. The summed E-state index contributed by atoms with van der Waals surface area (Å²) in [6.45, 7) is 3.80. The Morgan fingerprint density at radius 1 is 1.07 bits per heavy atom. The largest absolute Gasteiger partial charge is 0.465 e. The van der Waals surface area contributed by atoms with Crippen molar-refractivity contribution in [2.24, 2.45) is 4.99 Å². The molecule has 3 amide bonds. The van der Waals surface area contributed by atoms with Crippen molar-refractivity contribution in [3.05, 3.63) is 59.6 Å². The molecule has 2 aliphatic heterocycles. The van der Waals surface area contributed by atoms with E-state index in [1.54, 1.807) is 21.9 Å². The average molecular weight is 575 g/mol. The number of nitrogens with one attached hydrogen (secondary N) is 2. The van der Waals surface area contributed by atoms with Crippen LogP contribution in [0.1, 0.15) is 58.7 Å². The summed E-state index contributed by atoms with van der Waals surface area (Å²) in [5.41, 5.74) is 1.59. The number of aliphatic imine (C=N–C) groups is 1.